The number of nitrogens with zero attached hydrogens (tertiary/aromatic N) is 1. The molecule has 0 spiro atoms. The molecular formula is C13H16N2S. The van der Waals surface area contributed by atoms with E-state index >= 15 is 0 Å². The topological polar surface area (TPSA) is 24.9 Å². The summed E-state index contributed by atoms with van der Waals surface area (Å²) < 4.78 is 0. The van der Waals surface area contributed by atoms with E-state index in [0.717, 1.165) is 18.1 Å². The van der Waals surface area contributed by atoms with Gasteiger partial charge in [-0.25, -0.2) is 4.98 Å². The number of thiazole rings is 1. The van der Waals surface area contributed by atoms with Gasteiger partial charge in [0.2, 0.25) is 0 Å². The molecule has 0 bridgehead atoms. The van der Waals surface area contributed by atoms with Crippen LogP contribution in [-0.2, 0) is 6.54 Å². The number of nitrogens with one attached hydrogen (secondary N) is 1. The molecule has 2 rings (SSSR count). The number of benzene rings is 1. The van der Waals surface area contributed by atoms with Gasteiger partial charge in [-0.1, -0.05) is 36.8 Å². The first-order chi connectivity index (χ1) is 7.79. The lowest BCUT2D eigenvalue weighted by molar-refractivity contribution is 0.722. The highest BCUT2D eigenvalue weighted by Crippen LogP contribution is 2.26. The van der Waals surface area contributed by atoms with Crippen LogP contribution in [0, 0.1) is 6.92 Å². The van der Waals surface area contributed by atoms with Crippen molar-refractivity contribution in [1.82, 2.24) is 10.3 Å². The maximum Gasteiger partial charge on any atom is 0.107 e. The van der Waals surface area contributed by atoms with E-state index in [-0.39, 0.29) is 0 Å². The molecule has 16 heavy (non-hydrogen) atoms. The van der Waals surface area contributed by atoms with E-state index in [4.69, 9.17) is 0 Å². The smallest absolute Gasteiger partial charge is 0.107 e. The van der Waals surface area contributed by atoms with Crippen molar-refractivity contribution in [2.45, 2.75) is 20.4 Å². The molecule has 0 atom stereocenters. The molecular weight excluding hydrogens is 216 g/mol. The molecule has 1 aromatic heterocycles. The molecule has 0 fully saturated rings. The minimum Gasteiger partial charge on any atom is -0.311 e. The molecule has 0 saturated heterocycles. The second-order valence-corrected chi connectivity index (χ2v) is 4.88. The second kappa shape index (κ2) is 5.23. The molecule has 0 aliphatic carbocycles. The molecule has 1 aromatic carbocycles. The Kier molecular flexibility index (Phi) is 3.70. The number of hydrogen-bond acceptors (Lipinski definition) is 3. The molecule has 0 amide bonds. The highest BCUT2D eigenvalue weighted by atomic mass is 32.1. The predicted octanol–water partition coefficient (Wildman–Crippen LogP) is 3.23. The SMILES string of the molecule is CCNCc1ncc(-c2ccc(C)cc2)s1. The zero-order valence-corrected chi connectivity index (χ0v) is 10.5. The fourth-order valence-electron chi connectivity index (χ4n) is 1.48. The van der Waals surface area contributed by atoms with Gasteiger partial charge >= 0.3 is 0 Å². The van der Waals surface area contributed by atoms with Crippen LogP contribution in [0.5, 0.6) is 0 Å². The molecule has 3 heteroatoms. The van der Waals surface area contributed by atoms with E-state index in [0.29, 0.717) is 0 Å². The second-order valence-electron chi connectivity index (χ2n) is 3.76. The van der Waals surface area contributed by atoms with Crippen LogP contribution in [0.3, 0.4) is 0 Å². The third-order valence-corrected chi connectivity index (χ3v) is 3.46. The minimum absolute atomic E-state index is 0.868. The minimum atomic E-state index is 0.868. The quantitative estimate of drug-likeness (QED) is 0.875. The van der Waals surface area contributed by atoms with E-state index in [2.05, 4.69) is 48.4 Å². The third-order valence-electron chi connectivity index (χ3n) is 2.42. The van der Waals surface area contributed by atoms with Gasteiger partial charge < -0.3 is 5.32 Å². The molecule has 0 unspecified atom stereocenters. The summed E-state index contributed by atoms with van der Waals surface area (Å²) in [5.41, 5.74) is 2.55. The van der Waals surface area contributed by atoms with E-state index in [1.165, 1.54) is 16.0 Å². The van der Waals surface area contributed by atoms with Crippen LogP contribution < -0.4 is 5.32 Å². The van der Waals surface area contributed by atoms with Crippen LogP contribution in [0.25, 0.3) is 10.4 Å². The first-order valence-corrected chi connectivity index (χ1v) is 6.33. The van der Waals surface area contributed by atoms with Crippen LogP contribution in [0.2, 0.25) is 0 Å². The zero-order valence-electron chi connectivity index (χ0n) is 9.66. The first kappa shape index (κ1) is 11.3. The Morgan fingerprint density at radius 3 is 2.69 bits per heavy atom. The first-order valence-electron chi connectivity index (χ1n) is 5.52. The third kappa shape index (κ3) is 2.68. The summed E-state index contributed by atoms with van der Waals surface area (Å²) in [6, 6.07) is 8.58. The maximum atomic E-state index is 4.41. The Hall–Kier alpha value is -1.19. The summed E-state index contributed by atoms with van der Waals surface area (Å²) in [5, 5.41) is 4.44. The van der Waals surface area contributed by atoms with Crippen molar-refractivity contribution in [3.8, 4) is 10.4 Å². The van der Waals surface area contributed by atoms with Crippen molar-refractivity contribution in [2.75, 3.05) is 6.54 Å². The van der Waals surface area contributed by atoms with Gasteiger partial charge in [0.05, 0.1) is 4.88 Å². The lowest BCUT2D eigenvalue weighted by Crippen LogP contribution is -2.11. The Morgan fingerprint density at radius 2 is 2.00 bits per heavy atom. The average Bonchev–Trinajstić information content (AvgIpc) is 2.76. The molecule has 1 N–H and O–H groups in total. The molecule has 0 aliphatic rings. The number of aromatic nitrogens is 1. The molecule has 1 heterocycles. The number of hydrogen-bond donors (Lipinski definition) is 1. The molecule has 2 aromatic rings. The van der Waals surface area contributed by atoms with Crippen molar-refractivity contribution >= 4 is 11.3 Å². The van der Waals surface area contributed by atoms with Crippen molar-refractivity contribution < 1.29 is 0 Å². The highest BCUT2D eigenvalue weighted by Gasteiger charge is 2.03. The van der Waals surface area contributed by atoms with Gasteiger partial charge in [0.15, 0.2) is 0 Å². The van der Waals surface area contributed by atoms with Gasteiger partial charge in [-0.2, -0.15) is 0 Å². The van der Waals surface area contributed by atoms with Crippen LogP contribution >= 0.6 is 11.3 Å². The fraction of sp³-hybridized carbons (Fsp3) is 0.308. The maximum absolute atomic E-state index is 4.41. The number of rotatable bonds is 4. The summed E-state index contributed by atoms with van der Waals surface area (Å²) >= 11 is 1.76. The van der Waals surface area contributed by atoms with Crippen LogP contribution in [0.1, 0.15) is 17.5 Å². The Bertz CT molecular complexity index is 445. The molecule has 84 valence electrons. The van der Waals surface area contributed by atoms with Crippen LogP contribution in [0.4, 0.5) is 0 Å². The van der Waals surface area contributed by atoms with Gasteiger partial charge in [-0.05, 0) is 19.0 Å². The monoisotopic (exact) mass is 232 g/mol. The zero-order chi connectivity index (χ0) is 11.4. The van der Waals surface area contributed by atoms with Crippen molar-refractivity contribution in [3.63, 3.8) is 0 Å². The lowest BCUT2D eigenvalue weighted by atomic mass is 10.1. The Labute approximate surface area is 100 Å². The summed E-state index contributed by atoms with van der Waals surface area (Å²) in [6.07, 6.45) is 1.96. The largest absolute Gasteiger partial charge is 0.311 e. The Balaban J connectivity index is 2.15. The van der Waals surface area contributed by atoms with E-state index in [1.807, 2.05) is 6.20 Å². The van der Waals surface area contributed by atoms with E-state index in [1.54, 1.807) is 11.3 Å². The molecule has 0 radical (unpaired) electrons. The molecule has 0 aliphatic heterocycles. The van der Waals surface area contributed by atoms with Crippen LogP contribution in [0.15, 0.2) is 30.5 Å². The highest BCUT2D eigenvalue weighted by molar-refractivity contribution is 7.15. The number of aryl methyl sites for hydroxylation is 1. The van der Waals surface area contributed by atoms with Crippen molar-refractivity contribution in [1.29, 1.82) is 0 Å². The van der Waals surface area contributed by atoms with Gasteiger partial charge in [0, 0.05) is 12.7 Å². The van der Waals surface area contributed by atoms with E-state index in [9.17, 15) is 0 Å². The van der Waals surface area contributed by atoms with Gasteiger partial charge in [-0.15, -0.1) is 11.3 Å². The molecule has 0 saturated carbocycles. The van der Waals surface area contributed by atoms with Crippen LogP contribution in [-0.4, -0.2) is 11.5 Å². The van der Waals surface area contributed by atoms with Gasteiger partial charge in [-0.3, -0.25) is 0 Å². The van der Waals surface area contributed by atoms with Gasteiger partial charge in [0.1, 0.15) is 5.01 Å². The predicted molar refractivity (Wildman–Crippen MR) is 69.7 cm³/mol. The van der Waals surface area contributed by atoms with E-state index < -0.39 is 0 Å². The van der Waals surface area contributed by atoms with Crippen molar-refractivity contribution in [2.24, 2.45) is 0 Å². The normalized spacial score (nSPS) is 10.6. The van der Waals surface area contributed by atoms with Gasteiger partial charge in [0.25, 0.3) is 0 Å². The summed E-state index contributed by atoms with van der Waals surface area (Å²) in [5.74, 6) is 0. The summed E-state index contributed by atoms with van der Waals surface area (Å²) in [7, 11) is 0. The average molecular weight is 232 g/mol. The standard InChI is InChI=1S/C13H16N2S/c1-3-14-9-13-15-8-12(16-13)11-6-4-10(2)5-7-11/h4-8,14H,3,9H2,1-2H3. The fourth-order valence-corrected chi connectivity index (χ4v) is 2.37. The molecule has 2 nitrogen and oxygen atoms in total. The Morgan fingerprint density at radius 1 is 1.25 bits per heavy atom. The lowest BCUT2D eigenvalue weighted by Gasteiger charge is -1.97. The summed E-state index contributed by atoms with van der Waals surface area (Å²) in [4.78, 5) is 5.65. The summed E-state index contributed by atoms with van der Waals surface area (Å²) in [6.45, 7) is 6.06. The van der Waals surface area contributed by atoms with Crippen molar-refractivity contribution in [3.05, 3.63) is 41.0 Å².